The van der Waals surface area contributed by atoms with E-state index in [0.29, 0.717) is 13.2 Å². The van der Waals surface area contributed by atoms with Crippen molar-refractivity contribution in [2.75, 3.05) is 19.7 Å². The van der Waals surface area contributed by atoms with Crippen LogP contribution in [0.3, 0.4) is 0 Å². The van der Waals surface area contributed by atoms with Gasteiger partial charge >= 0.3 is 12.0 Å². The topological polar surface area (TPSA) is 58.6 Å². The SMILES string of the molecule is CCOC(=O)CCNC(=O)N1CCCC1c1ccccc1C. The number of aryl methyl sites for hydroxylation is 1. The van der Waals surface area contributed by atoms with Gasteiger partial charge in [-0.15, -0.1) is 0 Å². The number of ether oxygens (including phenoxy) is 1. The number of urea groups is 1. The number of carbonyl (C=O) groups excluding carboxylic acids is 2. The molecule has 1 aromatic carbocycles. The van der Waals surface area contributed by atoms with Crippen LogP contribution in [0.4, 0.5) is 4.79 Å². The molecule has 1 aliphatic heterocycles. The van der Waals surface area contributed by atoms with Crippen molar-refractivity contribution >= 4 is 12.0 Å². The van der Waals surface area contributed by atoms with Crippen molar-refractivity contribution < 1.29 is 14.3 Å². The van der Waals surface area contributed by atoms with Crippen molar-refractivity contribution in [2.45, 2.75) is 39.2 Å². The highest BCUT2D eigenvalue weighted by atomic mass is 16.5. The first-order valence-corrected chi connectivity index (χ1v) is 7.89. The Bertz CT molecular complexity index is 530. The molecule has 1 atom stereocenters. The summed E-state index contributed by atoms with van der Waals surface area (Å²) in [4.78, 5) is 25.5. The van der Waals surface area contributed by atoms with E-state index < -0.39 is 0 Å². The van der Waals surface area contributed by atoms with E-state index in [9.17, 15) is 9.59 Å². The van der Waals surface area contributed by atoms with Gasteiger partial charge in [-0.05, 0) is 37.8 Å². The third kappa shape index (κ3) is 4.00. The second-order valence-electron chi connectivity index (χ2n) is 5.49. The van der Waals surface area contributed by atoms with Gasteiger partial charge in [0, 0.05) is 13.1 Å². The minimum absolute atomic E-state index is 0.102. The van der Waals surface area contributed by atoms with Gasteiger partial charge in [0.1, 0.15) is 0 Å². The number of nitrogens with one attached hydrogen (secondary N) is 1. The molecule has 1 fully saturated rings. The minimum atomic E-state index is -0.278. The Labute approximate surface area is 131 Å². The molecule has 0 aliphatic carbocycles. The number of rotatable bonds is 5. The summed E-state index contributed by atoms with van der Waals surface area (Å²) < 4.78 is 4.85. The summed E-state index contributed by atoms with van der Waals surface area (Å²) in [5.74, 6) is -0.278. The first-order chi connectivity index (χ1) is 10.6. The van der Waals surface area contributed by atoms with Gasteiger partial charge in [0.15, 0.2) is 0 Å². The zero-order valence-electron chi connectivity index (χ0n) is 13.3. The average molecular weight is 304 g/mol. The standard InChI is InChI=1S/C17H24N2O3/c1-3-22-16(20)10-11-18-17(21)19-12-6-9-15(19)14-8-5-4-7-13(14)2/h4-5,7-8,15H,3,6,9-12H2,1-2H3,(H,18,21). The van der Waals surface area contributed by atoms with Gasteiger partial charge in [0.05, 0.1) is 19.1 Å². The van der Waals surface area contributed by atoms with Gasteiger partial charge in [0.25, 0.3) is 0 Å². The van der Waals surface area contributed by atoms with Crippen LogP contribution < -0.4 is 5.32 Å². The second-order valence-corrected chi connectivity index (χ2v) is 5.49. The predicted molar refractivity (Wildman–Crippen MR) is 84.5 cm³/mol. The predicted octanol–water partition coefficient (Wildman–Crippen LogP) is 2.79. The summed E-state index contributed by atoms with van der Waals surface area (Å²) in [6, 6.07) is 8.21. The Hall–Kier alpha value is -2.04. The molecule has 0 radical (unpaired) electrons. The molecule has 0 aromatic heterocycles. The number of likely N-dealkylation sites (tertiary alicyclic amines) is 1. The summed E-state index contributed by atoms with van der Waals surface area (Å²) in [6.45, 7) is 5.28. The first-order valence-electron chi connectivity index (χ1n) is 7.89. The van der Waals surface area contributed by atoms with Crippen LogP contribution in [0.5, 0.6) is 0 Å². The highest BCUT2D eigenvalue weighted by Gasteiger charge is 2.30. The first kappa shape index (κ1) is 16.3. The van der Waals surface area contributed by atoms with Crippen LogP contribution in [-0.4, -0.2) is 36.6 Å². The van der Waals surface area contributed by atoms with Crippen LogP contribution in [0.25, 0.3) is 0 Å². The molecule has 1 saturated heterocycles. The number of amides is 2. The van der Waals surface area contributed by atoms with Gasteiger partial charge in [-0.25, -0.2) is 4.79 Å². The van der Waals surface area contributed by atoms with Gasteiger partial charge in [-0.1, -0.05) is 24.3 Å². The average Bonchev–Trinajstić information content (AvgIpc) is 2.97. The Kier molecular flexibility index (Phi) is 5.81. The fourth-order valence-electron chi connectivity index (χ4n) is 2.90. The van der Waals surface area contributed by atoms with Crippen molar-refractivity contribution in [3.05, 3.63) is 35.4 Å². The molecule has 22 heavy (non-hydrogen) atoms. The van der Waals surface area contributed by atoms with Crippen LogP contribution in [0.1, 0.15) is 43.4 Å². The maximum Gasteiger partial charge on any atom is 0.317 e. The van der Waals surface area contributed by atoms with E-state index in [4.69, 9.17) is 4.74 Å². The largest absolute Gasteiger partial charge is 0.466 e. The lowest BCUT2D eigenvalue weighted by Crippen LogP contribution is -2.40. The van der Waals surface area contributed by atoms with E-state index in [1.165, 1.54) is 11.1 Å². The molecule has 1 N–H and O–H groups in total. The lowest BCUT2D eigenvalue weighted by molar-refractivity contribution is -0.142. The molecule has 1 unspecified atom stereocenters. The van der Waals surface area contributed by atoms with Crippen molar-refractivity contribution in [1.29, 1.82) is 0 Å². The number of hydrogen-bond donors (Lipinski definition) is 1. The fourth-order valence-corrected chi connectivity index (χ4v) is 2.90. The maximum atomic E-state index is 12.3. The van der Waals surface area contributed by atoms with Gasteiger partial charge < -0.3 is 15.0 Å². The smallest absolute Gasteiger partial charge is 0.317 e. The van der Waals surface area contributed by atoms with Crippen LogP contribution >= 0.6 is 0 Å². The van der Waals surface area contributed by atoms with Crippen LogP contribution in [0, 0.1) is 6.92 Å². The summed E-state index contributed by atoms with van der Waals surface area (Å²) in [5.41, 5.74) is 2.42. The molecule has 1 aliphatic rings. The molecule has 2 amide bonds. The van der Waals surface area contributed by atoms with Crippen molar-refractivity contribution in [3.8, 4) is 0 Å². The normalized spacial score (nSPS) is 17.4. The molecule has 120 valence electrons. The van der Waals surface area contributed by atoms with Crippen LogP contribution in [-0.2, 0) is 9.53 Å². The molecule has 5 nitrogen and oxygen atoms in total. The van der Waals surface area contributed by atoms with Crippen molar-refractivity contribution in [1.82, 2.24) is 10.2 Å². The Morgan fingerprint density at radius 3 is 2.86 bits per heavy atom. The number of carbonyl (C=O) groups is 2. The molecule has 0 spiro atoms. The quantitative estimate of drug-likeness (QED) is 0.851. The third-order valence-corrected chi connectivity index (χ3v) is 3.97. The maximum absolute atomic E-state index is 12.3. The number of benzene rings is 1. The monoisotopic (exact) mass is 304 g/mol. The molecule has 1 heterocycles. The van der Waals surface area contributed by atoms with E-state index >= 15 is 0 Å². The van der Waals surface area contributed by atoms with Crippen molar-refractivity contribution in [3.63, 3.8) is 0 Å². The fraction of sp³-hybridized carbons (Fsp3) is 0.529. The second kappa shape index (κ2) is 7.82. The number of hydrogen-bond acceptors (Lipinski definition) is 3. The van der Waals surface area contributed by atoms with E-state index in [1.54, 1.807) is 6.92 Å². The van der Waals surface area contributed by atoms with E-state index in [0.717, 1.165) is 19.4 Å². The highest BCUT2D eigenvalue weighted by Crippen LogP contribution is 2.33. The molecular weight excluding hydrogens is 280 g/mol. The zero-order chi connectivity index (χ0) is 15.9. The molecule has 5 heteroatoms. The van der Waals surface area contributed by atoms with Crippen LogP contribution in [0.15, 0.2) is 24.3 Å². The Morgan fingerprint density at radius 2 is 2.14 bits per heavy atom. The lowest BCUT2D eigenvalue weighted by Gasteiger charge is -2.26. The highest BCUT2D eigenvalue weighted by molar-refractivity contribution is 5.76. The number of nitrogens with zero attached hydrogens (tertiary/aromatic N) is 1. The van der Waals surface area contributed by atoms with E-state index in [1.807, 2.05) is 17.0 Å². The molecule has 2 rings (SSSR count). The summed E-state index contributed by atoms with van der Waals surface area (Å²) >= 11 is 0. The molecule has 0 bridgehead atoms. The Balaban J connectivity index is 1.92. The number of esters is 1. The van der Waals surface area contributed by atoms with Crippen LogP contribution in [0.2, 0.25) is 0 Å². The third-order valence-electron chi connectivity index (χ3n) is 3.97. The Morgan fingerprint density at radius 1 is 1.36 bits per heavy atom. The summed E-state index contributed by atoms with van der Waals surface area (Å²) in [7, 11) is 0. The van der Waals surface area contributed by atoms with E-state index in [-0.39, 0.29) is 24.5 Å². The molecule has 1 aromatic rings. The summed E-state index contributed by atoms with van der Waals surface area (Å²) in [6.07, 6.45) is 2.20. The van der Waals surface area contributed by atoms with Gasteiger partial charge in [-0.3, -0.25) is 4.79 Å². The zero-order valence-corrected chi connectivity index (χ0v) is 13.3. The van der Waals surface area contributed by atoms with E-state index in [2.05, 4.69) is 24.4 Å². The van der Waals surface area contributed by atoms with Gasteiger partial charge in [-0.2, -0.15) is 0 Å². The van der Waals surface area contributed by atoms with Crippen molar-refractivity contribution in [2.24, 2.45) is 0 Å². The molecular formula is C17H24N2O3. The summed E-state index contributed by atoms with van der Waals surface area (Å²) in [5, 5.41) is 2.82. The molecule has 0 saturated carbocycles. The van der Waals surface area contributed by atoms with Gasteiger partial charge in [0.2, 0.25) is 0 Å². The minimum Gasteiger partial charge on any atom is -0.466 e. The lowest BCUT2D eigenvalue weighted by atomic mass is 9.99.